The Hall–Kier alpha value is -1.85. The van der Waals surface area contributed by atoms with Gasteiger partial charge < -0.3 is 5.32 Å². The van der Waals surface area contributed by atoms with E-state index in [1.807, 2.05) is 31.2 Å². The zero-order chi connectivity index (χ0) is 14.9. The summed E-state index contributed by atoms with van der Waals surface area (Å²) in [6, 6.07) is 14.8. The van der Waals surface area contributed by atoms with Crippen molar-refractivity contribution in [3.8, 4) is 0 Å². The van der Waals surface area contributed by atoms with Gasteiger partial charge in [0.15, 0.2) is 0 Å². The van der Waals surface area contributed by atoms with Gasteiger partial charge in [0.2, 0.25) is 10.0 Å². The van der Waals surface area contributed by atoms with Crippen LogP contribution in [0, 0.1) is 0 Å². The summed E-state index contributed by atoms with van der Waals surface area (Å²) in [7, 11) is -3.43. The molecule has 0 saturated heterocycles. The Labute approximate surface area is 125 Å². The molecule has 0 fully saturated rings. The second kappa shape index (κ2) is 5.50. The van der Waals surface area contributed by atoms with Gasteiger partial charge in [-0.05, 0) is 42.3 Å². The molecule has 2 aromatic rings. The van der Waals surface area contributed by atoms with E-state index in [1.54, 1.807) is 24.3 Å². The Bertz CT molecular complexity index is 714. The molecule has 0 atom stereocenters. The zero-order valence-corrected chi connectivity index (χ0v) is 12.7. The molecule has 1 N–H and O–H groups in total. The van der Waals surface area contributed by atoms with Crippen LogP contribution in [0.4, 0.5) is 5.69 Å². The highest BCUT2D eigenvalue weighted by molar-refractivity contribution is 7.89. The lowest BCUT2D eigenvalue weighted by Crippen LogP contribution is -2.25. The van der Waals surface area contributed by atoms with Crippen molar-refractivity contribution >= 4 is 15.7 Å². The summed E-state index contributed by atoms with van der Waals surface area (Å²) in [5.74, 6) is 0. The van der Waals surface area contributed by atoms with Crippen molar-refractivity contribution in [2.75, 3.05) is 11.9 Å². The number of nitrogens with zero attached hydrogens (tertiary/aromatic N) is 1. The van der Waals surface area contributed by atoms with Crippen molar-refractivity contribution in [1.29, 1.82) is 0 Å². The number of anilines is 1. The Kier molecular flexibility index (Phi) is 3.69. The number of rotatable bonds is 4. The summed E-state index contributed by atoms with van der Waals surface area (Å²) in [6.45, 7) is 3.72. The molecule has 110 valence electrons. The quantitative estimate of drug-likeness (QED) is 0.945. The molecule has 0 spiro atoms. The first kappa shape index (κ1) is 14.1. The van der Waals surface area contributed by atoms with Gasteiger partial charge >= 0.3 is 0 Å². The third-order valence-electron chi connectivity index (χ3n) is 3.68. The maximum absolute atomic E-state index is 12.7. The molecule has 0 aliphatic carbocycles. The molecule has 1 aliphatic heterocycles. The Morgan fingerprint density at radius 1 is 1.00 bits per heavy atom. The van der Waals surface area contributed by atoms with Crippen LogP contribution in [0.5, 0.6) is 0 Å². The zero-order valence-electron chi connectivity index (χ0n) is 11.9. The van der Waals surface area contributed by atoms with Crippen molar-refractivity contribution in [3.05, 3.63) is 59.7 Å². The maximum atomic E-state index is 12.7. The fraction of sp³-hybridized carbons (Fsp3) is 0.250. The molecular weight excluding hydrogens is 284 g/mol. The lowest BCUT2D eigenvalue weighted by atomic mass is 10.1. The number of benzene rings is 2. The fourth-order valence-electron chi connectivity index (χ4n) is 2.57. The van der Waals surface area contributed by atoms with Gasteiger partial charge in [-0.2, -0.15) is 4.31 Å². The fourth-order valence-corrected chi connectivity index (χ4v) is 3.97. The van der Waals surface area contributed by atoms with Crippen LogP contribution in [0.15, 0.2) is 53.4 Å². The summed E-state index contributed by atoms with van der Waals surface area (Å²) >= 11 is 0. The van der Waals surface area contributed by atoms with Gasteiger partial charge in [0, 0.05) is 25.3 Å². The molecule has 4 nitrogen and oxygen atoms in total. The number of hydrogen-bond acceptors (Lipinski definition) is 3. The van der Waals surface area contributed by atoms with E-state index in [9.17, 15) is 8.42 Å². The molecule has 3 rings (SSSR count). The average molecular weight is 302 g/mol. The van der Waals surface area contributed by atoms with Crippen LogP contribution in [0.3, 0.4) is 0 Å². The monoisotopic (exact) mass is 302 g/mol. The smallest absolute Gasteiger partial charge is 0.243 e. The molecule has 0 bridgehead atoms. The predicted octanol–water partition coefficient (Wildman–Crippen LogP) is 2.82. The average Bonchev–Trinajstić information content (AvgIpc) is 2.93. The van der Waals surface area contributed by atoms with E-state index in [1.165, 1.54) is 4.31 Å². The molecule has 21 heavy (non-hydrogen) atoms. The van der Waals surface area contributed by atoms with Crippen LogP contribution >= 0.6 is 0 Å². The van der Waals surface area contributed by atoms with E-state index in [-0.39, 0.29) is 0 Å². The highest BCUT2D eigenvalue weighted by atomic mass is 32.2. The maximum Gasteiger partial charge on any atom is 0.243 e. The summed E-state index contributed by atoms with van der Waals surface area (Å²) in [4.78, 5) is 0.344. The van der Waals surface area contributed by atoms with E-state index in [0.717, 1.165) is 23.4 Å². The van der Waals surface area contributed by atoms with Crippen LogP contribution in [-0.2, 0) is 23.1 Å². The van der Waals surface area contributed by atoms with E-state index in [2.05, 4.69) is 5.32 Å². The normalized spacial score (nSPS) is 14.9. The van der Waals surface area contributed by atoms with Gasteiger partial charge in [-0.25, -0.2) is 8.42 Å². The second-order valence-corrected chi connectivity index (χ2v) is 7.03. The molecule has 5 heteroatoms. The minimum Gasteiger partial charge on any atom is -0.385 e. The molecule has 0 saturated carbocycles. The topological polar surface area (TPSA) is 49.4 Å². The van der Waals surface area contributed by atoms with E-state index < -0.39 is 10.0 Å². The number of fused-ring (bicyclic) bond motifs is 1. The van der Waals surface area contributed by atoms with Gasteiger partial charge in [-0.15, -0.1) is 0 Å². The summed E-state index contributed by atoms with van der Waals surface area (Å²) in [5.41, 5.74) is 3.11. The first-order chi connectivity index (χ1) is 10.1. The van der Waals surface area contributed by atoms with Gasteiger partial charge in [0.25, 0.3) is 0 Å². The molecule has 1 aliphatic rings. The Morgan fingerprint density at radius 3 is 2.10 bits per heavy atom. The predicted molar refractivity (Wildman–Crippen MR) is 83.5 cm³/mol. The minimum atomic E-state index is -3.43. The third-order valence-corrected chi connectivity index (χ3v) is 5.49. The van der Waals surface area contributed by atoms with Crippen molar-refractivity contribution in [2.45, 2.75) is 24.9 Å². The molecule has 0 radical (unpaired) electrons. The first-order valence-corrected chi connectivity index (χ1v) is 8.46. The van der Waals surface area contributed by atoms with Gasteiger partial charge in [-0.1, -0.05) is 24.3 Å². The minimum absolute atomic E-state index is 0.344. The number of sulfonamides is 1. The van der Waals surface area contributed by atoms with E-state index in [4.69, 9.17) is 0 Å². The van der Waals surface area contributed by atoms with Crippen LogP contribution in [-0.4, -0.2) is 19.3 Å². The lowest BCUT2D eigenvalue weighted by Gasteiger charge is -2.16. The van der Waals surface area contributed by atoms with Crippen LogP contribution in [0.25, 0.3) is 0 Å². The third kappa shape index (κ3) is 2.66. The molecule has 2 aromatic carbocycles. The molecular formula is C16H18N2O2S. The van der Waals surface area contributed by atoms with Crippen molar-refractivity contribution in [3.63, 3.8) is 0 Å². The van der Waals surface area contributed by atoms with E-state index in [0.29, 0.717) is 18.0 Å². The molecule has 0 amide bonds. The van der Waals surface area contributed by atoms with Crippen molar-refractivity contribution in [1.82, 2.24) is 4.31 Å². The second-order valence-electron chi connectivity index (χ2n) is 5.10. The van der Waals surface area contributed by atoms with Gasteiger partial charge in [0.1, 0.15) is 0 Å². The van der Waals surface area contributed by atoms with Gasteiger partial charge in [0.05, 0.1) is 4.90 Å². The SMILES string of the molecule is CCNc1ccc(S(=O)(=O)N2Cc3ccccc3C2)cc1. The summed E-state index contributed by atoms with van der Waals surface area (Å²) in [5, 5.41) is 3.16. The largest absolute Gasteiger partial charge is 0.385 e. The molecule has 1 heterocycles. The Balaban J connectivity index is 1.85. The van der Waals surface area contributed by atoms with Crippen LogP contribution in [0.2, 0.25) is 0 Å². The van der Waals surface area contributed by atoms with Crippen molar-refractivity contribution in [2.24, 2.45) is 0 Å². The Morgan fingerprint density at radius 2 is 1.57 bits per heavy atom. The van der Waals surface area contributed by atoms with E-state index >= 15 is 0 Å². The molecule has 0 unspecified atom stereocenters. The number of hydrogen-bond donors (Lipinski definition) is 1. The van der Waals surface area contributed by atoms with Crippen LogP contribution < -0.4 is 5.32 Å². The molecule has 0 aromatic heterocycles. The lowest BCUT2D eigenvalue weighted by molar-refractivity contribution is 0.431. The first-order valence-electron chi connectivity index (χ1n) is 7.02. The highest BCUT2D eigenvalue weighted by Gasteiger charge is 2.30. The number of nitrogens with one attached hydrogen (secondary N) is 1. The van der Waals surface area contributed by atoms with Gasteiger partial charge in [-0.3, -0.25) is 0 Å². The highest BCUT2D eigenvalue weighted by Crippen LogP contribution is 2.28. The summed E-state index contributed by atoms with van der Waals surface area (Å²) in [6.07, 6.45) is 0. The van der Waals surface area contributed by atoms with Crippen LogP contribution in [0.1, 0.15) is 18.1 Å². The standard InChI is InChI=1S/C16H18N2O2S/c1-2-17-15-7-9-16(10-8-15)21(19,20)18-11-13-5-3-4-6-14(13)12-18/h3-10,17H,2,11-12H2,1H3. The van der Waals surface area contributed by atoms with Crippen molar-refractivity contribution < 1.29 is 8.42 Å². The summed E-state index contributed by atoms with van der Waals surface area (Å²) < 4.78 is 26.9.